The van der Waals surface area contributed by atoms with Crippen LogP contribution in [-0.4, -0.2) is 46.9 Å². The molecule has 1 amide bonds. The Kier molecular flexibility index (Phi) is 7.85. The van der Waals surface area contributed by atoms with Gasteiger partial charge in [0.05, 0.1) is 0 Å². The lowest BCUT2D eigenvalue weighted by Crippen LogP contribution is -2.46. The molecule has 0 radical (unpaired) electrons. The minimum Gasteiger partial charge on any atom is -0.374 e. The van der Waals surface area contributed by atoms with E-state index in [1.54, 1.807) is 7.05 Å². The van der Waals surface area contributed by atoms with Crippen LogP contribution in [0.25, 0.3) is 0 Å². The lowest BCUT2D eigenvalue weighted by atomic mass is 9.97. The number of imidazole rings is 1. The molecule has 1 rings (SSSR count). The van der Waals surface area contributed by atoms with Crippen molar-refractivity contribution in [3.63, 3.8) is 0 Å². The smallest absolute Gasteiger partial charge is 0.374 e. The number of nitrogens with zero attached hydrogens (tertiary/aromatic N) is 2. The van der Waals surface area contributed by atoms with Crippen molar-refractivity contribution < 1.29 is 23.1 Å². The molecule has 0 spiro atoms. The number of aliphatic hydroxyl groups is 1. The van der Waals surface area contributed by atoms with Gasteiger partial charge in [0, 0.05) is 45.4 Å². The first-order valence-corrected chi connectivity index (χ1v) is 6.40. The second-order valence-corrected chi connectivity index (χ2v) is 4.67. The van der Waals surface area contributed by atoms with Gasteiger partial charge in [0.15, 0.2) is 0 Å². The first-order chi connectivity index (χ1) is 9.72. The van der Waals surface area contributed by atoms with Crippen molar-refractivity contribution >= 4 is 18.3 Å². The molecule has 1 unspecified atom stereocenters. The third-order valence-corrected chi connectivity index (χ3v) is 3.07. The lowest BCUT2D eigenvalue weighted by Gasteiger charge is -2.29. The zero-order valence-electron chi connectivity index (χ0n) is 12.3. The molecule has 0 fully saturated rings. The maximum Gasteiger partial charge on any atom is 0.424 e. The van der Waals surface area contributed by atoms with Crippen LogP contribution < -0.4 is 10.6 Å². The Morgan fingerprint density at radius 1 is 1.41 bits per heavy atom. The third-order valence-electron chi connectivity index (χ3n) is 3.07. The first kappa shape index (κ1) is 20.7. The van der Waals surface area contributed by atoms with Crippen LogP contribution in [0.3, 0.4) is 0 Å². The van der Waals surface area contributed by atoms with Gasteiger partial charge in [-0.2, -0.15) is 13.2 Å². The van der Waals surface area contributed by atoms with Crippen LogP contribution in [0.4, 0.5) is 13.2 Å². The second kappa shape index (κ2) is 8.35. The molecule has 128 valence electrons. The van der Waals surface area contributed by atoms with Crippen LogP contribution in [-0.2, 0) is 17.4 Å². The Morgan fingerprint density at radius 3 is 2.50 bits per heavy atom. The van der Waals surface area contributed by atoms with Gasteiger partial charge >= 0.3 is 6.18 Å². The lowest BCUT2D eigenvalue weighted by molar-refractivity contribution is -0.272. The van der Waals surface area contributed by atoms with Crippen LogP contribution in [0.1, 0.15) is 18.7 Å². The van der Waals surface area contributed by atoms with E-state index in [-0.39, 0.29) is 31.3 Å². The van der Waals surface area contributed by atoms with E-state index in [1.807, 2.05) is 0 Å². The van der Waals surface area contributed by atoms with Gasteiger partial charge in [-0.25, -0.2) is 4.98 Å². The highest BCUT2D eigenvalue weighted by Gasteiger charge is 2.57. The van der Waals surface area contributed by atoms with E-state index in [2.05, 4.69) is 15.6 Å². The summed E-state index contributed by atoms with van der Waals surface area (Å²) in [5.41, 5.74) is -3.10. The van der Waals surface area contributed by atoms with Crippen molar-refractivity contribution in [1.82, 2.24) is 20.2 Å². The van der Waals surface area contributed by atoms with E-state index >= 15 is 0 Å². The largest absolute Gasteiger partial charge is 0.424 e. The van der Waals surface area contributed by atoms with Gasteiger partial charge in [0.2, 0.25) is 11.5 Å². The van der Waals surface area contributed by atoms with Crippen molar-refractivity contribution in [3.05, 3.63) is 18.2 Å². The minimum atomic E-state index is -4.89. The summed E-state index contributed by atoms with van der Waals surface area (Å²) in [7, 11) is 3.03. The zero-order chi connectivity index (χ0) is 16.1. The number of aryl methyl sites for hydroxylation is 1. The monoisotopic (exact) mass is 344 g/mol. The summed E-state index contributed by atoms with van der Waals surface area (Å²) in [6, 6.07) is 0. The van der Waals surface area contributed by atoms with Gasteiger partial charge in [-0.1, -0.05) is 0 Å². The molecule has 3 N–H and O–H groups in total. The fourth-order valence-electron chi connectivity index (χ4n) is 1.85. The van der Waals surface area contributed by atoms with E-state index in [1.165, 1.54) is 19.4 Å². The van der Waals surface area contributed by atoms with Crippen LogP contribution in [0, 0.1) is 0 Å². The summed E-state index contributed by atoms with van der Waals surface area (Å²) in [4.78, 5) is 14.9. The molecule has 1 heterocycles. The molecule has 1 atom stereocenters. The Balaban J connectivity index is 0.00000441. The van der Waals surface area contributed by atoms with Gasteiger partial charge < -0.3 is 20.3 Å². The van der Waals surface area contributed by atoms with Crippen LogP contribution >= 0.6 is 12.4 Å². The third kappa shape index (κ3) is 4.85. The summed E-state index contributed by atoms with van der Waals surface area (Å²) >= 11 is 0. The number of hydrogen-bond donors (Lipinski definition) is 3. The molecule has 0 aromatic carbocycles. The second-order valence-electron chi connectivity index (χ2n) is 4.67. The van der Waals surface area contributed by atoms with Crippen molar-refractivity contribution in [2.45, 2.75) is 24.6 Å². The van der Waals surface area contributed by atoms with E-state index < -0.39 is 24.0 Å². The average Bonchev–Trinajstić information content (AvgIpc) is 2.81. The standard InChI is InChI=1S/C12H19F3N4O2.ClH/c1-16-5-3-9(20)17-6-4-11(21,12(13,14)15)10-18-7-8-19(10)2;/h7-8,16,21H,3-6H2,1-2H3,(H,17,20);1H. The van der Waals surface area contributed by atoms with Gasteiger partial charge in [-0.3, -0.25) is 4.79 Å². The predicted molar refractivity (Wildman–Crippen MR) is 76.6 cm³/mol. The molecule has 0 saturated heterocycles. The maximum absolute atomic E-state index is 13.1. The van der Waals surface area contributed by atoms with Crippen LogP contribution in [0.2, 0.25) is 0 Å². The molecule has 1 aromatic heterocycles. The molecule has 0 aliphatic heterocycles. The summed E-state index contributed by atoms with van der Waals surface area (Å²) in [6.45, 7) is 0.125. The van der Waals surface area contributed by atoms with Crippen LogP contribution in [0.5, 0.6) is 0 Å². The fraction of sp³-hybridized carbons (Fsp3) is 0.667. The normalized spacial score (nSPS) is 14.1. The van der Waals surface area contributed by atoms with Gasteiger partial charge in [0.1, 0.15) is 5.82 Å². The molecule has 1 aromatic rings. The molecular formula is C12H20ClF3N4O2. The van der Waals surface area contributed by atoms with Crippen molar-refractivity contribution in [1.29, 1.82) is 0 Å². The number of carbonyl (C=O) groups is 1. The van der Waals surface area contributed by atoms with Crippen molar-refractivity contribution in [3.8, 4) is 0 Å². The average molecular weight is 345 g/mol. The first-order valence-electron chi connectivity index (χ1n) is 6.40. The van der Waals surface area contributed by atoms with Crippen molar-refractivity contribution in [2.75, 3.05) is 20.1 Å². The van der Waals surface area contributed by atoms with E-state index in [0.717, 1.165) is 4.57 Å². The SMILES string of the molecule is CNCCC(=O)NCCC(O)(c1nccn1C)C(F)(F)F.Cl. The molecule has 10 heteroatoms. The Bertz CT molecular complexity index is 481. The number of carbonyl (C=O) groups excluding carboxylic acids is 1. The fourth-order valence-corrected chi connectivity index (χ4v) is 1.85. The minimum absolute atomic E-state index is 0. The molecule has 0 aliphatic carbocycles. The number of nitrogens with one attached hydrogen (secondary N) is 2. The molecule has 6 nitrogen and oxygen atoms in total. The Morgan fingerprint density at radius 2 is 2.05 bits per heavy atom. The van der Waals surface area contributed by atoms with E-state index in [0.29, 0.717) is 6.54 Å². The van der Waals surface area contributed by atoms with Gasteiger partial charge in [-0.15, -0.1) is 12.4 Å². The van der Waals surface area contributed by atoms with Gasteiger partial charge in [-0.05, 0) is 7.05 Å². The maximum atomic E-state index is 13.1. The number of rotatable bonds is 7. The summed E-state index contributed by atoms with van der Waals surface area (Å²) in [5, 5.41) is 15.1. The quantitative estimate of drug-likeness (QED) is 0.680. The molecular weight excluding hydrogens is 325 g/mol. The number of aromatic nitrogens is 2. The topological polar surface area (TPSA) is 79.2 Å². The van der Waals surface area contributed by atoms with E-state index in [4.69, 9.17) is 0 Å². The van der Waals surface area contributed by atoms with Crippen molar-refractivity contribution in [2.24, 2.45) is 7.05 Å². The van der Waals surface area contributed by atoms with E-state index in [9.17, 15) is 23.1 Å². The Labute approximate surface area is 132 Å². The van der Waals surface area contributed by atoms with Gasteiger partial charge in [0.25, 0.3) is 0 Å². The summed E-state index contributed by atoms with van der Waals surface area (Å²) in [6.07, 6.45) is -2.94. The summed E-state index contributed by atoms with van der Waals surface area (Å²) in [5.74, 6) is -0.881. The predicted octanol–water partition coefficient (Wildman–Crippen LogP) is 0.708. The van der Waals surface area contributed by atoms with Crippen LogP contribution in [0.15, 0.2) is 12.4 Å². The highest BCUT2D eigenvalue weighted by molar-refractivity contribution is 5.85. The summed E-state index contributed by atoms with van der Waals surface area (Å²) < 4.78 is 40.6. The Hall–Kier alpha value is -1.32. The highest BCUT2D eigenvalue weighted by Crippen LogP contribution is 2.40. The molecule has 22 heavy (non-hydrogen) atoms. The number of amides is 1. The molecule has 0 bridgehead atoms. The number of halogens is 4. The zero-order valence-corrected chi connectivity index (χ0v) is 13.1. The number of hydrogen-bond acceptors (Lipinski definition) is 4. The highest BCUT2D eigenvalue weighted by atomic mass is 35.5. The molecule has 0 aliphatic rings. The number of alkyl halides is 3. The molecule has 0 saturated carbocycles.